The molecule has 4 rings (SSSR count). The van der Waals surface area contributed by atoms with Crippen molar-refractivity contribution in [3.05, 3.63) is 94.8 Å². The fourth-order valence-electron chi connectivity index (χ4n) is 3.78. The fraction of sp³-hybridized carbons (Fsp3) is 0.241. The first-order chi connectivity index (χ1) is 18.2. The Morgan fingerprint density at radius 3 is 2.55 bits per heavy atom. The van der Waals surface area contributed by atoms with Gasteiger partial charge in [0.2, 0.25) is 5.95 Å². The van der Waals surface area contributed by atoms with Crippen LogP contribution in [0.3, 0.4) is 0 Å². The number of hydrogen-bond donors (Lipinski definition) is 2. The molecule has 9 heteroatoms. The van der Waals surface area contributed by atoms with Gasteiger partial charge in [-0.2, -0.15) is 5.10 Å². The van der Waals surface area contributed by atoms with Crippen LogP contribution < -0.4 is 10.6 Å². The summed E-state index contributed by atoms with van der Waals surface area (Å²) in [5.41, 5.74) is 4.78. The Morgan fingerprint density at radius 1 is 1.05 bits per heavy atom. The van der Waals surface area contributed by atoms with Crippen molar-refractivity contribution in [2.45, 2.75) is 19.8 Å². The van der Waals surface area contributed by atoms with Gasteiger partial charge in [-0.1, -0.05) is 17.9 Å². The first-order valence-electron chi connectivity index (χ1n) is 12.2. The zero-order chi connectivity index (χ0) is 27.1. The summed E-state index contributed by atoms with van der Waals surface area (Å²) in [6.45, 7) is 2.83. The van der Waals surface area contributed by atoms with E-state index < -0.39 is 0 Å². The molecule has 2 aromatic carbocycles. The third-order valence-corrected chi connectivity index (χ3v) is 5.74. The number of aryl methyl sites for hydroxylation is 3. The van der Waals surface area contributed by atoms with E-state index in [0.717, 1.165) is 36.2 Å². The average molecular weight is 512 g/mol. The van der Waals surface area contributed by atoms with Gasteiger partial charge in [0.1, 0.15) is 5.82 Å². The number of aromatic nitrogens is 4. The number of carbonyl (C=O) groups excluding carboxylic acids is 1. The van der Waals surface area contributed by atoms with E-state index in [1.54, 1.807) is 35.4 Å². The van der Waals surface area contributed by atoms with E-state index >= 15 is 0 Å². The highest BCUT2D eigenvalue weighted by molar-refractivity contribution is 6.04. The van der Waals surface area contributed by atoms with Crippen LogP contribution in [0.1, 0.15) is 39.0 Å². The predicted molar refractivity (Wildman–Crippen MR) is 147 cm³/mol. The molecule has 1 amide bonds. The van der Waals surface area contributed by atoms with Crippen LogP contribution in [0, 0.1) is 24.6 Å². The lowest BCUT2D eigenvalue weighted by Gasteiger charge is -2.11. The standard InChI is InChI=1S/C29H30FN7O/c1-20-7-9-24(28(38)34-26-13-21(12-25(30)15-26)6-5-11-36(2)3)14-23(20)10-8-22-16-31-29(32-17-22)35-27-18-33-37(4)19-27/h7,9,12-19H,5-6,11H2,1-4H3,(H,34,38)(H,31,32,35). The van der Waals surface area contributed by atoms with Gasteiger partial charge in [0, 0.05) is 42.5 Å². The molecule has 2 N–H and O–H groups in total. The number of rotatable bonds is 8. The van der Waals surface area contributed by atoms with Crippen LogP contribution in [0.5, 0.6) is 0 Å². The minimum absolute atomic E-state index is 0.327. The Kier molecular flexibility index (Phi) is 8.46. The van der Waals surface area contributed by atoms with E-state index in [1.807, 2.05) is 46.4 Å². The quantitative estimate of drug-likeness (QED) is 0.338. The molecule has 4 aromatic rings. The maximum Gasteiger partial charge on any atom is 0.255 e. The number of nitrogens with zero attached hydrogens (tertiary/aromatic N) is 5. The molecule has 0 saturated carbocycles. The topological polar surface area (TPSA) is 88.0 Å². The van der Waals surface area contributed by atoms with Crippen molar-refractivity contribution in [3.63, 3.8) is 0 Å². The summed E-state index contributed by atoms with van der Waals surface area (Å²) >= 11 is 0. The van der Waals surface area contributed by atoms with E-state index in [2.05, 4.69) is 42.4 Å². The molecule has 0 atom stereocenters. The van der Waals surface area contributed by atoms with Gasteiger partial charge < -0.3 is 15.5 Å². The minimum Gasteiger partial charge on any atom is -0.322 e. The SMILES string of the molecule is Cc1ccc(C(=O)Nc2cc(F)cc(CCCN(C)C)c2)cc1C#Cc1cnc(Nc2cnn(C)c2)nc1. The molecule has 2 aromatic heterocycles. The summed E-state index contributed by atoms with van der Waals surface area (Å²) in [6.07, 6.45) is 8.40. The van der Waals surface area contributed by atoms with Crippen LogP contribution in [0.2, 0.25) is 0 Å². The number of hydrogen-bond acceptors (Lipinski definition) is 6. The van der Waals surface area contributed by atoms with Gasteiger partial charge >= 0.3 is 0 Å². The van der Waals surface area contributed by atoms with Crippen molar-refractivity contribution in [1.82, 2.24) is 24.6 Å². The Bertz CT molecular complexity index is 1480. The molecular formula is C29H30FN7O. The van der Waals surface area contributed by atoms with Crippen molar-refractivity contribution in [1.29, 1.82) is 0 Å². The normalized spacial score (nSPS) is 10.7. The van der Waals surface area contributed by atoms with Crippen molar-refractivity contribution in [3.8, 4) is 11.8 Å². The molecule has 0 unspecified atom stereocenters. The number of anilines is 3. The average Bonchev–Trinajstić information content (AvgIpc) is 3.28. The summed E-state index contributed by atoms with van der Waals surface area (Å²) in [6, 6.07) is 9.96. The molecular weight excluding hydrogens is 481 g/mol. The smallest absolute Gasteiger partial charge is 0.255 e. The molecule has 0 spiro atoms. The number of carbonyl (C=O) groups is 1. The third-order valence-electron chi connectivity index (χ3n) is 5.74. The Hall–Kier alpha value is -4.55. The molecule has 38 heavy (non-hydrogen) atoms. The van der Waals surface area contributed by atoms with Crippen molar-refractivity contribution < 1.29 is 9.18 Å². The molecule has 0 aliphatic heterocycles. The zero-order valence-corrected chi connectivity index (χ0v) is 21.9. The van der Waals surface area contributed by atoms with Crippen LogP contribution in [-0.4, -0.2) is 51.2 Å². The largest absolute Gasteiger partial charge is 0.322 e. The highest BCUT2D eigenvalue weighted by Gasteiger charge is 2.10. The summed E-state index contributed by atoms with van der Waals surface area (Å²) in [7, 11) is 5.84. The summed E-state index contributed by atoms with van der Waals surface area (Å²) in [5, 5.41) is 9.99. The minimum atomic E-state index is -0.373. The maximum absolute atomic E-state index is 14.2. The van der Waals surface area contributed by atoms with Crippen LogP contribution in [0.4, 0.5) is 21.7 Å². The van der Waals surface area contributed by atoms with Crippen LogP contribution >= 0.6 is 0 Å². The van der Waals surface area contributed by atoms with Crippen LogP contribution in [-0.2, 0) is 13.5 Å². The van der Waals surface area contributed by atoms with Gasteiger partial charge in [-0.05, 0) is 81.9 Å². The highest BCUT2D eigenvalue weighted by atomic mass is 19.1. The van der Waals surface area contributed by atoms with Gasteiger partial charge in [-0.25, -0.2) is 14.4 Å². The van der Waals surface area contributed by atoms with Gasteiger partial charge in [0.15, 0.2) is 0 Å². The lowest BCUT2D eigenvalue weighted by Crippen LogP contribution is -2.14. The van der Waals surface area contributed by atoms with Gasteiger partial charge in [0.05, 0.1) is 17.4 Å². The summed E-state index contributed by atoms with van der Waals surface area (Å²) in [4.78, 5) is 23.6. The van der Waals surface area contributed by atoms with Gasteiger partial charge in [-0.3, -0.25) is 9.48 Å². The fourth-order valence-corrected chi connectivity index (χ4v) is 3.78. The van der Waals surface area contributed by atoms with E-state index in [9.17, 15) is 9.18 Å². The monoisotopic (exact) mass is 511 g/mol. The molecule has 0 aliphatic rings. The highest BCUT2D eigenvalue weighted by Crippen LogP contribution is 2.18. The van der Waals surface area contributed by atoms with Crippen molar-refractivity contribution >= 4 is 23.2 Å². The van der Waals surface area contributed by atoms with Crippen molar-refractivity contribution in [2.75, 3.05) is 31.3 Å². The third kappa shape index (κ3) is 7.48. The molecule has 8 nitrogen and oxygen atoms in total. The predicted octanol–water partition coefficient (Wildman–Crippen LogP) is 4.55. The number of halogens is 1. The molecule has 0 radical (unpaired) electrons. The first kappa shape index (κ1) is 26.5. The summed E-state index contributed by atoms with van der Waals surface area (Å²) < 4.78 is 15.9. The van der Waals surface area contributed by atoms with E-state index in [1.165, 1.54) is 12.1 Å². The Labute approximate surface area is 221 Å². The first-order valence-corrected chi connectivity index (χ1v) is 12.2. The van der Waals surface area contributed by atoms with Crippen LogP contribution in [0.15, 0.2) is 61.2 Å². The molecule has 0 saturated heterocycles. The van der Waals surface area contributed by atoms with Crippen molar-refractivity contribution in [2.24, 2.45) is 7.05 Å². The number of amides is 1. The maximum atomic E-state index is 14.2. The molecule has 194 valence electrons. The second-order valence-electron chi connectivity index (χ2n) is 9.31. The lowest BCUT2D eigenvalue weighted by atomic mass is 10.0. The van der Waals surface area contributed by atoms with E-state index in [4.69, 9.17) is 0 Å². The zero-order valence-electron chi connectivity index (χ0n) is 21.9. The Morgan fingerprint density at radius 2 is 1.84 bits per heavy atom. The molecule has 0 fully saturated rings. The Balaban J connectivity index is 1.44. The second kappa shape index (κ2) is 12.1. The molecule has 0 bridgehead atoms. The van der Waals surface area contributed by atoms with Gasteiger partial charge in [-0.15, -0.1) is 0 Å². The van der Waals surface area contributed by atoms with E-state index in [0.29, 0.717) is 28.3 Å². The molecule has 0 aliphatic carbocycles. The van der Waals surface area contributed by atoms with Crippen LogP contribution in [0.25, 0.3) is 0 Å². The number of benzene rings is 2. The second-order valence-corrected chi connectivity index (χ2v) is 9.31. The number of nitrogens with one attached hydrogen (secondary N) is 2. The lowest BCUT2D eigenvalue weighted by molar-refractivity contribution is 0.102. The van der Waals surface area contributed by atoms with E-state index in [-0.39, 0.29) is 11.7 Å². The summed E-state index contributed by atoms with van der Waals surface area (Å²) in [5.74, 6) is 5.90. The van der Waals surface area contributed by atoms with Gasteiger partial charge in [0.25, 0.3) is 5.91 Å². The molecule has 2 heterocycles.